The maximum atomic E-state index is 13.1. The Hall–Kier alpha value is -3.29. The molecule has 4 N–H and O–H groups in total. The van der Waals surface area contributed by atoms with E-state index in [9.17, 15) is 22.8 Å². The zero-order chi connectivity index (χ0) is 21.4. The number of aromatic nitrogens is 2. The number of aliphatic imine (C=N–C) groups is 1. The first-order valence-corrected chi connectivity index (χ1v) is 8.80. The number of guanidine groups is 1. The Kier molecular flexibility index (Phi) is 7.41. The number of nitrogens with one attached hydrogen (secondary N) is 2. The highest BCUT2D eigenvalue weighted by Crippen LogP contribution is 2.21. The summed E-state index contributed by atoms with van der Waals surface area (Å²) < 4.78 is 51.0. The zero-order valence-corrected chi connectivity index (χ0v) is 15.7. The Morgan fingerprint density at radius 2 is 1.90 bits per heavy atom. The maximum absolute atomic E-state index is 13.1. The summed E-state index contributed by atoms with van der Waals surface area (Å²) in [6, 6.07) is 7.56. The SMILES string of the molecule is CN=C(NCCCc1nn(-c2ccc(F)cc2)c(N)c1C#N)NCCC(F)(F)F. The Morgan fingerprint density at radius 1 is 1.24 bits per heavy atom. The van der Waals surface area contributed by atoms with E-state index in [1.807, 2.05) is 6.07 Å². The first-order chi connectivity index (χ1) is 13.7. The second-order valence-electron chi connectivity index (χ2n) is 6.10. The molecule has 0 bridgehead atoms. The highest BCUT2D eigenvalue weighted by Gasteiger charge is 2.26. The molecule has 0 aliphatic carbocycles. The minimum atomic E-state index is -4.23. The molecule has 0 radical (unpaired) electrons. The second kappa shape index (κ2) is 9.77. The summed E-state index contributed by atoms with van der Waals surface area (Å²) in [5, 5.41) is 19.2. The summed E-state index contributed by atoms with van der Waals surface area (Å²) in [5.41, 5.74) is 7.24. The lowest BCUT2D eigenvalue weighted by atomic mass is 10.1. The number of alkyl halides is 3. The molecule has 0 unspecified atom stereocenters. The van der Waals surface area contributed by atoms with Crippen LogP contribution in [0.15, 0.2) is 29.3 Å². The molecule has 0 saturated carbocycles. The third-order valence-corrected chi connectivity index (χ3v) is 3.98. The van der Waals surface area contributed by atoms with Gasteiger partial charge in [0, 0.05) is 20.1 Å². The van der Waals surface area contributed by atoms with Gasteiger partial charge in [-0.05, 0) is 37.1 Å². The van der Waals surface area contributed by atoms with E-state index >= 15 is 0 Å². The van der Waals surface area contributed by atoms with Crippen LogP contribution < -0.4 is 16.4 Å². The van der Waals surface area contributed by atoms with Gasteiger partial charge in [-0.2, -0.15) is 23.5 Å². The van der Waals surface area contributed by atoms with E-state index in [1.165, 1.54) is 36.0 Å². The molecular formula is C18H21F4N7. The van der Waals surface area contributed by atoms with Gasteiger partial charge in [0.15, 0.2) is 5.96 Å². The largest absolute Gasteiger partial charge is 0.390 e. The molecule has 7 nitrogen and oxygen atoms in total. The Bertz CT molecular complexity index is 879. The minimum Gasteiger partial charge on any atom is -0.382 e. The minimum absolute atomic E-state index is 0.159. The van der Waals surface area contributed by atoms with Crippen molar-refractivity contribution in [3.05, 3.63) is 41.3 Å². The predicted octanol–water partition coefficient (Wildman–Crippen LogP) is 2.52. The highest BCUT2D eigenvalue weighted by molar-refractivity contribution is 5.79. The molecular weight excluding hydrogens is 390 g/mol. The third-order valence-electron chi connectivity index (χ3n) is 3.98. The zero-order valence-electron chi connectivity index (χ0n) is 15.7. The molecule has 1 heterocycles. The third kappa shape index (κ3) is 6.38. The van der Waals surface area contributed by atoms with Gasteiger partial charge in [-0.15, -0.1) is 0 Å². The molecule has 0 aliphatic rings. The van der Waals surface area contributed by atoms with Crippen molar-refractivity contribution in [3.63, 3.8) is 0 Å². The lowest BCUT2D eigenvalue weighted by molar-refractivity contribution is -0.132. The molecule has 0 amide bonds. The van der Waals surface area contributed by atoms with Crippen LogP contribution in [0.3, 0.4) is 0 Å². The molecule has 2 rings (SSSR count). The molecule has 29 heavy (non-hydrogen) atoms. The number of hydrogen-bond acceptors (Lipinski definition) is 4. The Morgan fingerprint density at radius 3 is 2.48 bits per heavy atom. The number of nitrogens with two attached hydrogens (primary N) is 1. The molecule has 0 fully saturated rings. The number of aryl methyl sites for hydroxylation is 1. The van der Waals surface area contributed by atoms with Gasteiger partial charge in [-0.1, -0.05) is 0 Å². The van der Waals surface area contributed by atoms with Crippen molar-refractivity contribution in [2.75, 3.05) is 25.9 Å². The van der Waals surface area contributed by atoms with Crippen molar-refractivity contribution >= 4 is 11.8 Å². The summed E-state index contributed by atoms with van der Waals surface area (Å²) in [5.74, 6) is 0.0151. The van der Waals surface area contributed by atoms with Gasteiger partial charge in [-0.3, -0.25) is 4.99 Å². The van der Waals surface area contributed by atoms with Gasteiger partial charge >= 0.3 is 6.18 Å². The van der Waals surface area contributed by atoms with Crippen LogP contribution >= 0.6 is 0 Å². The molecule has 0 atom stereocenters. The van der Waals surface area contributed by atoms with Gasteiger partial charge in [0.2, 0.25) is 0 Å². The van der Waals surface area contributed by atoms with E-state index in [4.69, 9.17) is 5.73 Å². The van der Waals surface area contributed by atoms with Gasteiger partial charge in [0.05, 0.1) is 17.8 Å². The van der Waals surface area contributed by atoms with E-state index in [-0.39, 0.29) is 23.9 Å². The van der Waals surface area contributed by atoms with E-state index < -0.39 is 18.4 Å². The lowest BCUT2D eigenvalue weighted by Crippen LogP contribution is -2.39. The summed E-state index contributed by atoms with van der Waals surface area (Å²) in [6.45, 7) is 0.125. The van der Waals surface area contributed by atoms with Crippen LogP contribution in [-0.4, -0.2) is 42.1 Å². The number of nitrogen functional groups attached to an aromatic ring is 1. The number of hydrogen-bond donors (Lipinski definition) is 3. The van der Waals surface area contributed by atoms with Crippen molar-refractivity contribution < 1.29 is 17.6 Å². The van der Waals surface area contributed by atoms with Crippen molar-refractivity contribution in [2.24, 2.45) is 4.99 Å². The van der Waals surface area contributed by atoms with E-state index in [0.29, 0.717) is 30.8 Å². The monoisotopic (exact) mass is 411 g/mol. The van der Waals surface area contributed by atoms with Crippen LogP contribution in [-0.2, 0) is 6.42 Å². The standard InChI is InChI=1S/C18H21F4N7/c1-25-17(27-10-8-18(20,21)22)26-9-2-3-15-14(11-23)16(24)29(28-15)13-6-4-12(19)5-7-13/h4-7H,2-3,8-10,24H2,1H3,(H2,25,26,27). The fraction of sp³-hybridized carbons (Fsp3) is 0.389. The quantitative estimate of drug-likeness (QED) is 0.281. The molecule has 1 aromatic carbocycles. The smallest absolute Gasteiger partial charge is 0.382 e. The van der Waals surface area contributed by atoms with E-state index in [1.54, 1.807) is 0 Å². The first kappa shape index (κ1) is 22.0. The number of nitriles is 1. The molecule has 0 aliphatic heterocycles. The van der Waals surface area contributed by atoms with Crippen LogP contribution in [0, 0.1) is 17.1 Å². The number of anilines is 1. The fourth-order valence-electron chi connectivity index (χ4n) is 2.56. The van der Waals surface area contributed by atoms with Crippen LogP contribution in [0.4, 0.5) is 23.4 Å². The Balaban J connectivity index is 1.93. The molecule has 1 aromatic heterocycles. The highest BCUT2D eigenvalue weighted by atomic mass is 19.4. The summed E-state index contributed by atoms with van der Waals surface area (Å²) in [7, 11) is 1.46. The summed E-state index contributed by atoms with van der Waals surface area (Å²) in [4.78, 5) is 3.86. The van der Waals surface area contributed by atoms with Crippen LogP contribution in [0.5, 0.6) is 0 Å². The lowest BCUT2D eigenvalue weighted by Gasteiger charge is -2.12. The molecule has 0 spiro atoms. The van der Waals surface area contributed by atoms with Gasteiger partial charge in [-0.25, -0.2) is 9.07 Å². The van der Waals surface area contributed by atoms with Crippen molar-refractivity contribution in [1.29, 1.82) is 5.26 Å². The van der Waals surface area contributed by atoms with E-state index in [2.05, 4.69) is 20.7 Å². The van der Waals surface area contributed by atoms with Crippen LogP contribution in [0.1, 0.15) is 24.1 Å². The van der Waals surface area contributed by atoms with Crippen molar-refractivity contribution in [3.8, 4) is 11.8 Å². The first-order valence-electron chi connectivity index (χ1n) is 8.80. The maximum Gasteiger partial charge on any atom is 0.390 e. The van der Waals surface area contributed by atoms with E-state index in [0.717, 1.165) is 0 Å². The Labute approximate surface area is 165 Å². The second-order valence-corrected chi connectivity index (χ2v) is 6.10. The molecule has 11 heteroatoms. The molecule has 0 saturated heterocycles. The average molecular weight is 411 g/mol. The molecule has 2 aromatic rings. The molecule has 156 valence electrons. The number of benzene rings is 1. The topological polar surface area (TPSA) is 104 Å². The van der Waals surface area contributed by atoms with Crippen molar-refractivity contribution in [1.82, 2.24) is 20.4 Å². The summed E-state index contributed by atoms with van der Waals surface area (Å²) >= 11 is 0. The predicted molar refractivity (Wildman–Crippen MR) is 101 cm³/mol. The fourth-order valence-corrected chi connectivity index (χ4v) is 2.56. The number of halogens is 4. The van der Waals surface area contributed by atoms with Crippen molar-refractivity contribution in [2.45, 2.75) is 25.4 Å². The summed E-state index contributed by atoms with van der Waals surface area (Å²) in [6.07, 6.45) is -4.25. The normalized spacial score (nSPS) is 11.9. The van der Waals surface area contributed by atoms with Gasteiger partial charge < -0.3 is 16.4 Å². The van der Waals surface area contributed by atoms with Gasteiger partial charge in [0.1, 0.15) is 23.3 Å². The number of nitrogens with zero attached hydrogens (tertiary/aromatic N) is 4. The van der Waals surface area contributed by atoms with Crippen LogP contribution in [0.25, 0.3) is 5.69 Å². The van der Waals surface area contributed by atoms with Gasteiger partial charge in [0.25, 0.3) is 0 Å². The van der Waals surface area contributed by atoms with Crippen LogP contribution in [0.2, 0.25) is 0 Å². The number of rotatable bonds is 7. The average Bonchev–Trinajstić information content (AvgIpc) is 2.98.